The van der Waals surface area contributed by atoms with Crippen LogP contribution in [0.25, 0.3) is 0 Å². The monoisotopic (exact) mass is 460 g/mol. The minimum Gasteiger partial charge on any atom is -0.494 e. The summed E-state index contributed by atoms with van der Waals surface area (Å²) in [5.74, 6) is -0.658. The van der Waals surface area contributed by atoms with Crippen LogP contribution in [0, 0.1) is 11.8 Å². The van der Waals surface area contributed by atoms with Crippen LogP contribution >= 0.6 is 0 Å². The van der Waals surface area contributed by atoms with E-state index >= 15 is 0 Å². The van der Waals surface area contributed by atoms with Gasteiger partial charge in [0, 0.05) is 38.3 Å². The van der Waals surface area contributed by atoms with E-state index in [0.29, 0.717) is 0 Å². The molecule has 2 atom stereocenters. The van der Waals surface area contributed by atoms with E-state index in [9.17, 15) is 4.79 Å². The summed E-state index contributed by atoms with van der Waals surface area (Å²) in [5.41, 5.74) is 0.785. The molecule has 2 N–H and O–H groups in total. The molecule has 0 radical (unpaired) electrons. The number of likely N-dealkylation sites (tertiary alicyclic amines) is 2. The van der Waals surface area contributed by atoms with Crippen LogP contribution in [0.3, 0.4) is 0 Å². The van der Waals surface area contributed by atoms with Gasteiger partial charge in [0.15, 0.2) is 0 Å². The second kappa shape index (κ2) is 12.6. The van der Waals surface area contributed by atoms with Gasteiger partial charge in [-0.15, -0.1) is 0 Å². The molecular formula is C25H36N2O6. The number of nitrogens with zero attached hydrogens (tertiary/aromatic N) is 2. The number of ether oxygens (including phenoxy) is 1. The van der Waals surface area contributed by atoms with E-state index in [2.05, 4.69) is 4.90 Å². The highest BCUT2D eigenvalue weighted by Crippen LogP contribution is 2.37. The normalized spacial score (nSPS) is 22.6. The van der Waals surface area contributed by atoms with Crippen molar-refractivity contribution in [2.24, 2.45) is 11.8 Å². The topological polar surface area (TPSA) is 107 Å². The number of carbonyl (C=O) groups excluding carboxylic acids is 1. The Morgan fingerprint density at radius 2 is 1.42 bits per heavy atom. The van der Waals surface area contributed by atoms with Gasteiger partial charge in [-0.3, -0.25) is 4.79 Å². The highest BCUT2D eigenvalue weighted by Gasteiger charge is 2.35. The minimum atomic E-state index is -1.82. The first-order chi connectivity index (χ1) is 15.9. The van der Waals surface area contributed by atoms with Gasteiger partial charge in [-0.1, -0.05) is 19.3 Å². The summed E-state index contributed by atoms with van der Waals surface area (Å²) < 4.78 is 5.91. The standard InChI is InChI=1S/C23H34N2O2.C2H2O4/c26-23(25-14-3-1-2-4-15-25)19-9-11-22(12-10-19)27-16-6-13-24-17-20-7-5-8-21(20)18-24;3-1(4)2(5)6/h9-12,20-21H,1-8,13-18H2;(H,3,4)(H,5,6). The molecule has 2 aliphatic heterocycles. The van der Waals surface area contributed by atoms with Crippen molar-refractivity contribution in [3.05, 3.63) is 29.8 Å². The molecule has 33 heavy (non-hydrogen) atoms. The lowest BCUT2D eigenvalue weighted by Crippen LogP contribution is -2.31. The molecule has 2 heterocycles. The Balaban J connectivity index is 0.000000454. The molecule has 2 unspecified atom stereocenters. The van der Waals surface area contributed by atoms with Gasteiger partial charge in [-0.2, -0.15) is 0 Å². The van der Waals surface area contributed by atoms with E-state index in [1.54, 1.807) is 0 Å². The Morgan fingerprint density at radius 1 is 0.848 bits per heavy atom. The molecule has 182 valence electrons. The minimum absolute atomic E-state index is 0.169. The number of amides is 1. The SMILES string of the molecule is O=C(O)C(=O)O.O=C(c1ccc(OCCCN2CC3CCCC3C2)cc1)N1CCCCCC1. The number of fused-ring (bicyclic) bond motifs is 1. The molecule has 1 aliphatic carbocycles. The summed E-state index contributed by atoms with van der Waals surface area (Å²) in [6.07, 6.45) is 10.2. The highest BCUT2D eigenvalue weighted by molar-refractivity contribution is 6.27. The van der Waals surface area contributed by atoms with Crippen molar-refractivity contribution in [1.29, 1.82) is 0 Å². The number of aliphatic carboxylic acids is 2. The molecule has 0 aromatic heterocycles. The fraction of sp³-hybridized carbons (Fsp3) is 0.640. The molecule has 2 saturated heterocycles. The summed E-state index contributed by atoms with van der Waals surface area (Å²) in [5, 5.41) is 14.8. The van der Waals surface area contributed by atoms with Crippen molar-refractivity contribution in [3.8, 4) is 5.75 Å². The van der Waals surface area contributed by atoms with Crippen LogP contribution in [-0.4, -0.2) is 77.2 Å². The second-order valence-electron chi connectivity index (χ2n) is 9.25. The second-order valence-corrected chi connectivity index (χ2v) is 9.25. The smallest absolute Gasteiger partial charge is 0.414 e. The summed E-state index contributed by atoms with van der Waals surface area (Å²) in [6, 6.07) is 7.74. The van der Waals surface area contributed by atoms with E-state index < -0.39 is 11.9 Å². The van der Waals surface area contributed by atoms with E-state index in [-0.39, 0.29) is 5.91 Å². The average Bonchev–Trinajstić information content (AvgIpc) is 3.29. The van der Waals surface area contributed by atoms with Gasteiger partial charge in [0.2, 0.25) is 0 Å². The average molecular weight is 461 g/mol. The summed E-state index contributed by atoms with van der Waals surface area (Å²) >= 11 is 0. The lowest BCUT2D eigenvalue weighted by Gasteiger charge is -2.20. The third-order valence-corrected chi connectivity index (χ3v) is 6.87. The van der Waals surface area contributed by atoms with E-state index in [1.165, 1.54) is 45.2 Å². The van der Waals surface area contributed by atoms with Gasteiger partial charge in [0.25, 0.3) is 5.91 Å². The maximum atomic E-state index is 12.6. The van der Waals surface area contributed by atoms with Gasteiger partial charge in [0.05, 0.1) is 6.61 Å². The highest BCUT2D eigenvalue weighted by atomic mass is 16.5. The zero-order valence-electron chi connectivity index (χ0n) is 19.3. The van der Waals surface area contributed by atoms with Crippen LogP contribution in [-0.2, 0) is 9.59 Å². The number of rotatable bonds is 6. The summed E-state index contributed by atoms with van der Waals surface area (Å²) in [6.45, 7) is 6.31. The van der Waals surface area contributed by atoms with Gasteiger partial charge in [-0.05, 0) is 68.2 Å². The fourth-order valence-corrected chi connectivity index (χ4v) is 5.14. The molecule has 8 nitrogen and oxygen atoms in total. The van der Waals surface area contributed by atoms with Gasteiger partial charge < -0.3 is 24.7 Å². The largest absolute Gasteiger partial charge is 0.494 e. The zero-order chi connectivity index (χ0) is 23.6. The fourth-order valence-electron chi connectivity index (χ4n) is 5.14. The predicted molar refractivity (Wildman–Crippen MR) is 123 cm³/mol. The van der Waals surface area contributed by atoms with E-state index in [0.717, 1.165) is 68.7 Å². The lowest BCUT2D eigenvalue weighted by molar-refractivity contribution is -0.159. The Hall–Kier alpha value is -2.61. The Morgan fingerprint density at radius 3 is 1.97 bits per heavy atom. The van der Waals surface area contributed by atoms with E-state index in [1.807, 2.05) is 29.2 Å². The third kappa shape index (κ3) is 7.74. The molecule has 1 saturated carbocycles. The maximum Gasteiger partial charge on any atom is 0.414 e. The molecule has 1 aromatic carbocycles. The summed E-state index contributed by atoms with van der Waals surface area (Å²) in [7, 11) is 0. The lowest BCUT2D eigenvalue weighted by atomic mass is 10.0. The van der Waals surface area contributed by atoms with Crippen LogP contribution in [0.1, 0.15) is 61.7 Å². The zero-order valence-corrected chi connectivity index (χ0v) is 19.3. The maximum absolute atomic E-state index is 12.6. The molecule has 3 aliphatic rings. The van der Waals surface area contributed by atoms with Crippen molar-refractivity contribution in [2.45, 2.75) is 51.4 Å². The van der Waals surface area contributed by atoms with Crippen molar-refractivity contribution in [1.82, 2.24) is 9.80 Å². The van der Waals surface area contributed by atoms with Crippen LogP contribution < -0.4 is 4.74 Å². The van der Waals surface area contributed by atoms with Crippen molar-refractivity contribution < 1.29 is 29.3 Å². The van der Waals surface area contributed by atoms with Gasteiger partial charge >= 0.3 is 11.9 Å². The number of carboxylic acid groups (broad SMARTS) is 2. The number of hydrogen-bond donors (Lipinski definition) is 2. The summed E-state index contributed by atoms with van der Waals surface area (Å²) in [4.78, 5) is 35.5. The number of carbonyl (C=O) groups is 3. The van der Waals surface area contributed by atoms with Crippen molar-refractivity contribution in [3.63, 3.8) is 0 Å². The van der Waals surface area contributed by atoms with Crippen LogP contribution in [0.4, 0.5) is 0 Å². The molecule has 4 rings (SSSR count). The third-order valence-electron chi connectivity index (χ3n) is 6.87. The molecule has 0 bridgehead atoms. The van der Waals surface area contributed by atoms with Crippen LogP contribution in [0.15, 0.2) is 24.3 Å². The van der Waals surface area contributed by atoms with E-state index in [4.69, 9.17) is 24.5 Å². The number of carboxylic acids is 2. The Kier molecular flexibility index (Phi) is 9.54. The molecule has 1 aromatic rings. The molecule has 1 amide bonds. The van der Waals surface area contributed by atoms with Crippen molar-refractivity contribution in [2.75, 3.05) is 39.3 Å². The quantitative estimate of drug-likeness (QED) is 0.495. The van der Waals surface area contributed by atoms with Crippen LogP contribution in [0.2, 0.25) is 0 Å². The molecule has 8 heteroatoms. The van der Waals surface area contributed by atoms with Crippen LogP contribution in [0.5, 0.6) is 5.75 Å². The molecular weight excluding hydrogens is 424 g/mol. The predicted octanol–water partition coefficient (Wildman–Crippen LogP) is 3.36. The molecule has 3 fully saturated rings. The first-order valence-electron chi connectivity index (χ1n) is 12.1. The number of benzene rings is 1. The van der Waals surface area contributed by atoms with Crippen molar-refractivity contribution >= 4 is 17.8 Å². The first-order valence-corrected chi connectivity index (χ1v) is 12.1. The Bertz CT molecular complexity index is 765. The Labute approximate surface area is 195 Å². The number of hydrogen-bond acceptors (Lipinski definition) is 5. The van der Waals surface area contributed by atoms with Gasteiger partial charge in [-0.25, -0.2) is 9.59 Å². The van der Waals surface area contributed by atoms with Gasteiger partial charge in [0.1, 0.15) is 5.75 Å². The first kappa shape index (κ1) is 25.0. The molecule has 0 spiro atoms.